The van der Waals surface area contributed by atoms with E-state index >= 15 is 0 Å². The lowest BCUT2D eigenvalue weighted by Gasteiger charge is -2.35. The number of halogens is 1. The molecule has 5 nitrogen and oxygen atoms in total. The largest absolute Gasteiger partial charge is 0.488 e. The summed E-state index contributed by atoms with van der Waals surface area (Å²) in [6.45, 7) is 4.06. The van der Waals surface area contributed by atoms with Crippen LogP contribution in [-0.2, 0) is 6.54 Å². The minimum Gasteiger partial charge on any atom is -0.488 e. The van der Waals surface area contributed by atoms with Crippen molar-refractivity contribution >= 4 is 11.6 Å². The van der Waals surface area contributed by atoms with E-state index in [1.807, 2.05) is 36.4 Å². The highest BCUT2D eigenvalue weighted by Crippen LogP contribution is 2.40. The highest BCUT2D eigenvalue weighted by Gasteiger charge is 2.42. The maximum absolute atomic E-state index is 10.7. The maximum atomic E-state index is 10.7. The zero-order valence-corrected chi connectivity index (χ0v) is 17.1. The van der Waals surface area contributed by atoms with Gasteiger partial charge in [-0.25, -0.2) is 0 Å². The Hall–Kier alpha value is -1.95. The van der Waals surface area contributed by atoms with Gasteiger partial charge in [0.25, 0.3) is 0 Å². The Kier molecular flexibility index (Phi) is 5.29. The zero-order valence-electron chi connectivity index (χ0n) is 16.3. The van der Waals surface area contributed by atoms with Crippen LogP contribution in [0.25, 0.3) is 0 Å². The fourth-order valence-electron chi connectivity index (χ4n) is 4.96. The topological polar surface area (TPSA) is 51.2 Å². The standard InChI is InChI=1S/C23H26ClNO4/c24-18-4-2-5-19(11-18)29-22-10-17-14-25(13-16(17)9-20(22)26)12-15-3-1-6-21-23(15)28-8-7-27-21/h1-6,11,16-17,20,22,26H,7-10,12-14H2/t16-,17+,20+,22+/m0/s1. The number of likely N-dealkylation sites (tertiary alicyclic amines) is 1. The van der Waals surface area contributed by atoms with Crippen molar-refractivity contribution in [1.82, 2.24) is 4.90 Å². The Bertz CT molecular complexity index is 876. The molecule has 2 heterocycles. The summed E-state index contributed by atoms with van der Waals surface area (Å²) in [4.78, 5) is 2.47. The van der Waals surface area contributed by atoms with Gasteiger partial charge in [-0.1, -0.05) is 29.8 Å². The number of ether oxygens (including phenoxy) is 3. The van der Waals surface area contributed by atoms with E-state index in [-0.39, 0.29) is 6.10 Å². The molecular weight excluding hydrogens is 390 g/mol. The first-order valence-corrected chi connectivity index (χ1v) is 10.7. The van der Waals surface area contributed by atoms with Crippen molar-refractivity contribution < 1.29 is 19.3 Å². The normalized spacial score (nSPS) is 28.8. The SMILES string of the molecule is O[C@@H]1C[C@H]2CN(Cc3cccc4c3OCCO4)C[C@H]2C[C@H]1Oc1cccc(Cl)c1. The number of nitrogens with zero attached hydrogens (tertiary/aromatic N) is 1. The fraction of sp³-hybridized carbons (Fsp3) is 0.478. The highest BCUT2D eigenvalue weighted by molar-refractivity contribution is 6.30. The van der Waals surface area contributed by atoms with Gasteiger partial charge in [0, 0.05) is 30.2 Å². The summed E-state index contributed by atoms with van der Waals surface area (Å²) in [6, 6.07) is 13.5. The van der Waals surface area contributed by atoms with Crippen LogP contribution in [-0.4, -0.2) is 48.5 Å². The smallest absolute Gasteiger partial charge is 0.165 e. The number of fused-ring (bicyclic) bond motifs is 2. The first-order chi connectivity index (χ1) is 14.2. The molecule has 154 valence electrons. The van der Waals surface area contributed by atoms with E-state index in [1.165, 1.54) is 5.56 Å². The van der Waals surface area contributed by atoms with Crippen molar-refractivity contribution in [2.24, 2.45) is 11.8 Å². The van der Waals surface area contributed by atoms with Crippen LogP contribution in [0, 0.1) is 11.8 Å². The fourth-order valence-corrected chi connectivity index (χ4v) is 5.14. The Balaban J connectivity index is 1.24. The van der Waals surface area contributed by atoms with Crippen molar-refractivity contribution in [3.63, 3.8) is 0 Å². The molecule has 1 saturated heterocycles. The summed E-state index contributed by atoms with van der Waals surface area (Å²) in [5.41, 5.74) is 1.17. The molecule has 1 N–H and O–H groups in total. The van der Waals surface area contributed by atoms with Crippen molar-refractivity contribution in [3.05, 3.63) is 53.1 Å². The number of hydrogen-bond acceptors (Lipinski definition) is 5. The van der Waals surface area contributed by atoms with E-state index in [1.54, 1.807) is 0 Å². The monoisotopic (exact) mass is 415 g/mol. The molecule has 0 bridgehead atoms. The molecule has 5 rings (SSSR count). The average molecular weight is 416 g/mol. The van der Waals surface area contributed by atoms with Crippen LogP contribution < -0.4 is 14.2 Å². The third kappa shape index (κ3) is 4.04. The molecular formula is C23H26ClNO4. The van der Waals surface area contributed by atoms with E-state index in [2.05, 4.69) is 11.0 Å². The molecule has 1 aliphatic carbocycles. The van der Waals surface area contributed by atoms with Crippen molar-refractivity contribution in [1.29, 1.82) is 0 Å². The van der Waals surface area contributed by atoms with Crippen LogP contribution >= 0.6 is 11.6 Å². The average Bonchev–Trinajstić information content (AvgIpc) is 3.09. The molecule has 0 amide bonds. The minimum absolute atomic E-state index is 0.184. The molecule has 6 heteroatoms. The number of aliphatic hydroxyl groups is 1. The number of hydrogen-bond donors (Lipinski definition) is 1. The molecule has 29 heavy (non-hydrogen) atoms. The van der Waals surface area contributed by atoms with Gasteiger partial charge in [0.05, 0.1) is 6.10 Å². The quantitative estimate of drug-likeness (QED) is 0.823. The third-order valence-corrected chi connectivity index (χ3v) is 6.52. The summed E-state index contributed by atoms with van der Waals surface area (Å²) in [5, 5.41) is 11.3. The zero-order chi connectivity index (χ0) is 19.8. The number of para-hydroxylation sites is 1. The molecule has 2 aromatic carbocycles. The second-order valence-electron chi connectivity index (χ2n) is 8.31. The van der Waals surface area contributed by atoms with Crippen LogP contribution in [0.1, 0.15) is 18.4 Å². The van der Waals surface area contributed by atoms with Crippen LogP contribution in [0.15, 0.2) is 42.5 Å². The van der Waals surface area contributed by atoms with Gasteiger partial charge in [0.15, 0.2) is 11.5 Å². The van der Waals surface area contributed by atoms with E-state index in [9.17, 15) is 5.11 Å². The number of benzene rings is 2. The molecule has 2 fully saturated rings. The van der Waals surface area contributed by atoms with Gasteiger partial charge in [-0.2, -0.15) is 0 Å². The van der Waals surface area contributed by atoms with E-state index in [0.29, 0.717) is 30.1 Å². The Labute approximate surface area is 176 Å². The van der Waals surface area contributed by atoms with Crippen LogP contribution in [0.3, 0.4) is 0 Å². The van der Waals surface area contributed by atoms with Gasteiger partial charge in [-0.15, -0.1) is 0 Å². The van der Waals surface area contributed by atoms with Gasteiger partial charge in [0.2, 0.25) is 0 Å². The van der Waals surface area contributed by atoms with Gasteiger partial charge in [-0.05, 0) is 48.9 Å². The molecule has 0 aromatic heterocycles. The molecule has 1 saturated carbocycles. The van der Waals surface area contributed by atoms with Gasteiger partial charge < -0.3 is 19.3 Å². The number of rotatable bonds is 4. The molecule has 2 aromatic rings. The van der Waals surface area contributed by atoms with Crippen molar-refractivity contribution in [2.75, 3.05) is 26.3 Å². The Morgan fingerprint density at radius 3 is 2.69 bits per heavy atom. The first-order valence-electron chi connectivity index (χ1n) is 10.4. The minimum atomic E-state index is -0.448. The lowest BCUT2D eigenvalue weighted by molar-refractivity contribution is -0.0231. The predicted molar refractivity (Wildman–Crippen MR) is 111 cm³/mol. The third-order valence-electron chi connectivity index (χ3n) is 6.29. The Morgan fingerprint density at radius 2 is 1.83 bits per heavy atom. The predicted octanol–water partition coefficient (Wildman–Crippen LogP) is 3.76. The Morgan fingerprint density at radius 1 is 1.03 bits per heavy atom. The summed E-state index contributed by atoms with van der Waals surface area (Å²) < 4.78 is 17.7. The van der Waals surface area contributed by atoms with Crippen LogP contribution in [0.5, 0.6) is 17.2 Å². The van der Waals surface area contributed by atoms with E-state index in [4.69, 9.17) is 25.8 Å². The van der Waals surface area contributed by atoms with Crippen molar-refractivity contribution in [3.8, 4) is 17.2 Å². The summed E-state index contributed by atoms with van der Waals surface area (Å²) in [6.07, 6.45) is 1.01. The molecule has 4 atom stereocenters. The van der Waals surface area contributed by atoms with Gasteiger partial charge in [0.1, 0.15) is 25.1 Å². The van der Waals surface area contributed by atoms with Gasteiger partial charge >= 0.3 is 0 Å². The second kappa shape index (κ2) is 8.05. The lowest BCUT2D eigenvalue weighted by Crippen LogP contribution is -2.42. The van der Waals surface area contributed by atoms with Gasteiger partial charge in [-0.3, -0.25) is 4.90 Å². The van der Waals surface area contributed by atoms with E-state index < -0.39 is 6.10 Å². The molecule has 0 unspecified atom stereocenters. The lowest BCUT2D eigenvalue weighted by atomic mass is 9.78. The van der Waals surface area contributed by atoms with Crippen LogP contribution in [0.2, 0.25) is 5.02 Å². The highest BCUT2D eigenvalue weighted by atomic mass is 35.5. The molecule has 2 aliphatic heterocycles. The maximum Gasteiger partial charge on any atom is 0.165 e. The second-order valence-corrected chi connectivity index (χ2v) is 8.74. The summed E-state index contributed by atoms with van der Waals surface area (Å²) in [7, 11) is 0. The first kappa shape index (κ1) is 19.0. The van der Waals surface area contributed by atoms with E-state index in [0.717, 1.165) is 49.7 Å². The molecule has 3 aliphatic rings. The van der Waals surface area contributed by atoms with Crippen LogP contribution in [0.4, 0.5) is 0 Å². The summed E-state index contributed by atoms with van der Waals surface area (Å²) in [5.74, 6) is 3.48. The summed E-state index contributed by atoms with van der Waals surface area (Å²) >= 11 is 6.07. The number of aliphatic hydroxyl groups excluding tert-OH is 1. The van der Waals surface area contributed by atoms with Crippen molar-refractivity contribution in [2.45, 2.75) is 31.6 Å². The molecule has 0 radical (unpaired) electrons. The molecule has 0 spiro atoms.